The third kappa shape index (κ3) is 6.67. The molecular formula is C17H22O. The first kappa shape index (κ1) is 16.1. The number of rotatable bonds is 7. The van der Waals surface area contributed by atoms with Gasteiger partial charge in [-0.15, -0.1) is 5.73 Å². The summed E-state index contributed by atoms with van der Waals surface area (Å²) in [6.45, 7) is 9.49. The number of Topliss-reactive ketones (excluding diaryl/α,β-unsaturated/α-hetero) is 1. The van der Waals surface area contributed by atoms with Crippen molar-refractivity contribution in [2.24, 2.45) is 0 Å². The van der Waals surface area contributed by atoms with E-state index in [0.717, 1.165) is 12.0 Å². The average molecular weight is 242 g/mol. The Hall–Kier alpha value is -1.85. The summed E-state index contributed by atoms with van der Waals surface area (Å²) >= 11 is 0. The van der Waals surface area contributed by atoms with Crippen molar-refractivity contribution in [3.63, 3.8) is 0 Å². The van der Waals surface area contributed by atoms with Gasteiger partial charge in [-0.25, -0.2) is 0 Å². The highest BCUT2D eigenvalue weighted by atomic mass is 16.1. The van der Waals surface area contributed by atoms with Crippen LogP contribution in [0.15, 0.2) is 66.0 Å². The van der Waals surface area contributed by atoms with E-state index in [0.29, 0.717) is 12.0 Å². The zero-order valence-electron chi connectivity index (χ0n) is 11.6. The van der Waals surface area contributed by atoms with E-state index in [-0.39, 0.29) is 5.78 Å². The summed E-state index contributed by atoms with van der Waals surface area (Å²) in [5.74, 6) is 0.0816. The smallest absolute Gasteiger partial charge is 0.167 e. The number of hydrogen-bond donors (Lipinski definition) is 0. The van der Waals surface area contributed by atoms with Crippen LogP contribution in [0.1, 0.15) is 33.6 Å². The molecule has 0 bridgehead atoms. The highest BCUT2D eigenvalue weighted by molar-refractivity contribution is 5.99. The highest BCUT2D eigenvalue weighted by Crippen LogP contribution is 2.10. The fourth-order valence-electron chi connectivity index (χ4n) is 1.34. The van der Waals surface area contributed by atoms with Crippen LogP contribution in [0.2, 0.25) is 0 Å². The Morgan fingerprint density at radius 3 is 2.44 bits per heavy atom. The van der Waals surface area contributed by atoms with Gasteiger partial charge in [0.05, 0.1) is 0 Å². The molecular weight excluding hydrogens is 220 g/mol. The summed E-state index contributed by atoms with van der Waals surface area (Å²) in [5, 5.41) is 0. The third-order valence-electron chi connectivity index (χ3n) is 2.27. The van der Waals surface area contributed by atoms with Gasteiger partial charge >= 0.3 is 0 Å². The minimum absolute atomic E-state index is 0.0816. The van der Waals surface area contributed by atoms with Gasteiger partial charge in [0.25, 0.3) is 0 Å². The predicted molar refractivity (Wildman–Crippen MR) is 79.4 cm³/mol. The maximum absolute atomic E-state index is 12.1. The van der Waals surface area contributed by atoms with Gasteiger partial charge in [-0.3, -0.25) is 4.79 Å². The van der Waals surface area contributed by atoms with Crippen LogP contribution in [0.3, 0.4) is 0 Å². The molecule has 0 aromatic carbocycles. The van der Waals surface area contributed by atoms with Crippen LogP contribution in [-0.2, 0) is 4.79 Å². The molecule has 0 fully saturated rings. The van der Waals surface area contributed by atoms with E-state index in [9.17, 15) is 4.79 Å². The van der Waals surface area contributed by atoms with E-state index < -0.39 is 0 Å². The van der Waals surface area contributed by atoms with Crippen LogP contribution in [0, 0.1) is 0 Å². The molecule has 1 heteroatoms. The molecule has 0 unspecified atom stereocenters. The molecule has 0 aliphatic carbocycles. The van der Waals surface area contributed by atoms with Crippen molar-refractivity contribution in [2.75, 3.05) is 0 Å². The SMILES string of the molecule is C=C=C(/C=C\CC)CC(=O)C(/C=C\C)=C/C=C\C. The van der Waals surface area contributed by atoms with E-state index in [1.165, 1.54) is 0 Å². The van der Waals surface area contributed by atoms with Crippen molar-refractivity contribution in [3.05, 3.63) is 66.0 Å². The van der Waals surface area contributed by atoms with E-state index in [1.54, 1.807) is 0 Å². The van der Waals surface area contributed by atoms with Crippen LogP contribution in [-0.4, -0.2) is 5.78 Å². The minimum Gasteiger partial charge on any atom is -0.294 e. The van der Waals surface area contributed by atoms with Crippen molar-refractivity contribution < 1.29 is 4.79 Å². The molecule has 0 saturated carbocycles. The highest BCUT2D eigenvalue weighted by Gasteiger charge is 2.07. The van der Waals surface area contributed by atoms with Crippen LogP contribution in [0.4, 0.5) is 0 Å². The van der Waals surface area contributed by atoms with Crippen LogP contribution < -0.4 is 0 Å². The lowest BCUT2D eigenvalue weighted by atomic mass is 10.0. The van der Waals surface area contributed by atoms with Crippen molar-refractivity contribution in [1.29, 1.82) is 0 Å². The van der Waals surface area contributed by atoms with Crippen LogP contribution >= 0.6 is 0 Å². The number of carbonyl (C=O) groups is 1. The Bertz CT molecular complexity index is 425. The molecule has 0 spiro atoms. The molecule has 0 N–H and O–H groups in total. The lowest BCUT2D eigenvalue weighted by Gasteiger charge is -2.01. The van der Waals surface area contributed by atoms with Gasteiger partial charge in [-0.2, -0.15) is 0 Å². The lowest BCUT2D eigenvalue weighted by molar-refractivity contribution is -0.114. The van der Waals surface area contributed by atoms with Crippen LogP contribution in [0.25, 0.3) is 0 Å². The summed E-state index contributed by atoms with van der Waals surface area (Å²) in [7, 11) is 0. The number of allylic oxidation sites excluding steroid dienone is 9. The number of hydrogen-bond acceptors (Lipinski definition) is 1. The first-order valence-corrected chi connectivity index (χ1v) is 6.23. The lowest BCUT2D eigenvalue weighted by Crippen LogP contribution is -2.01. The summed E-state index contributed by atoms with van der Waals surface area (Å²) in [5.41, 5.74) is 4.34. The van der Waals surface area contributed by atoms with Crippen molar-refractivity contribution in [1.82, 2.24) is 0 Å². The maximum atomic E-state index is 12.1. The first-order chi connectivity index (χ1) is 8.69. The molecule has 0 heterocycles. The maximum Gasteiger partial charge on any atom is 0.167 e. The average Bonchev–Trinajstić information content (AvgIpc) is 2.39. The van der Waals surface area contributed by atoms with Gasteiger partial charge in [0.1, 0.15) is 0 Å². The summed E-state index contributed by atoms with van der Waals surface area (Å²) < 4.78 is 0. The van der Waals surface area contributed by atoms with Gasteiger partial charge in [0, 0.05) is 17.6 Å². The van der Waals surface area contributed by atoms with E-state index in [4.69, 9.17) is 0 Å². The van der Waals surface area contributed by atoms with E-state index >= 15 is 0 Å². The van der Waals surface area contributed by atoms with Gasteiger partial charge in [0.2, 0.25) is 0 Å². The molecule has 18 heavy (non-hydrogen) atoms. The Kier molecular flexibility index (Phi) is 9.25. The molecule has 0 aromatic rings. The molecule has 96 valence electrons. The molecule has 0 rings (SSSR count). The summed E-state index contributed by atoms with van der Waals surface area (Å²) in [4.78, 5) is 12.1. The quantitative estimate of drug-likeness (QED) is 0.359. The first-order valence-electron chi connectivity index (χ1n) is 6.23. The number of carbonyl (C=O) groups excluding carboxylic acids is 1. The second kappa shape index (κ2) is 10.3. The predicted octanol–water partition coefficient (Wildman–Crippen LogP) is 4.70. The molecule has 0 aromatic heterocycles. The topological polar surface area (TPSA) is 17.1 Å². The Balaban J connectivity index is 4.91. The van der Waals surface area contributed by atoms with Crippen molar-refractivity contribution in [2.45, 2.75) is 33.6 Å². The van der Waals surface area contributed by atoms with Gasteiger partial charge in [-0.1, -0.05) is 56.0 Å². The fourth-order valence-corrected chi connectivity index (χ4v) is 1.34. The molecule has 0 amide bonds. The molecule has 0 aliphatic rings. The molecule has 0 saturated heterocycles. The molecule has 0 radical (unpaired) electrons. The van der Waals surface area contributed by atoms with E-state index in [1.807, 2.05) is 56.4 Å². The van der Waals surface area contributed by atoms with E-state index in [2.05, 4.69) is 19.2 Å². The monoisotopic (exact) mass is 242 g/mol. The third-order valence-corrected chi connectivity index (χ3v) is 2.27. The minimum atomic E-state index is 0.0816. The van der Waals surface area contributed by atoms with Crippen molar-refractivity contribution >= 4 is 5.78 Å². The molecule has 1 nitrogen and oxygen atoms in total. The largest absolute Gasteiger partial charge is 0.294 e. The molecule has 0 atom stereocenters. The second-order valence-corrected chi connectivity index (χ2v) is 3.76. The number of ketones is 1. The van der Waals surface area contributed by atoms with Crippen molar-refractivity contribution in [3.8, 4) is 0 Å². The summed E-state index contributed by atoms with van der Waals surface area (Å²) in [6.07, 6.45) is 14.5. The molecule has 0 aliphatic heterocycles. The zero-order valence-corrected chi connectivity index (χ0v) is 11.6. The summed E-state index contributed by atoms with van der Waals surface area (Å²) in [6, 6.07) is 0. The standard InChI is InChI=1S/C17H22O/c1-5-9-12-15(8-4)14-17(18)16(11-7-3)13-10-6-2/h6-7,9-13H,4-5,14H2,1-3H3/b10-6-,11-7-,12-9-,16-13+. The Labute approximate surface area is 111 Å². The second-order valence-electron chi connectivity index (χ2n) is 3.76. The van der Waals surface area contributed by atoms with Crippen LogP contribution in [0.5, 0.6) is 0 Å². The van der Waals surface area contributed by atoms with Gasteiger partial charge < -0.3 is 0 Å². The fraction of sp³-hybridized carbons (Fsp3) is 0.294. The Morgan fingerprint density at radius 2 is 1.94 bits per heavy atom. The van der Waals surface area contributed by atoms with Gasteiger partial charge in [-0.05, 0) is 20.3 Å². The Morgan fingerprint density at radius 1 is 1.22 bits per heavy atom. The normalized spacial score (nSPS) is 12.5. The van der Waals surface area contributed by atoms with Gasteiger partial charge in [0.15, 0.2) is 5.78 Å². The zero-order chi connectivity index (χ0) is 13.8.